The summed E-state index contributed by atoms with van der Waals surface area (Å²) in [6, 6.07) is 13.7. The van der Waals surface area contributed by atoms with Crippen LogP contribution in [0.25, 0.3) is 21.9 Å². The van der Waals surface area contributed by atoms with E-state index < -0.39 is 0 Å². The lowest BCUT2D eigenvalue weighted by Gasteiger charge is -2.33. The van der Waals surface area contributed by atoms with Gasteiger partial charge in [-0.2, -0.15) is 0 Å². The van der Waals surface area contributed by atoms with E-state index in [1.165, 1.54) is 45.3 Å². The van der Waals surface area contributed by atoms with Crippen LogP contribution >= 0.6 is 0 Å². The molecule has 2 N–H and O–H groups in total. The Morgan fingerprint density at radius 1 is 0.975 bits per heavy atom. The molecule has 0 radical (unpaired) electrons. The van der Waals surface area contributed by atoms with E-state index in [1.54, 1.807) is 13.4 Å². The Morgan fingerprint density at radius 3 is 2.52 bits per heavy atom. The molecule has 2 aromatic heterocycles. The fraction of sp³-hybridized carbons (Fsp3) is 0.469. The van der Waals surface area contributed by atoms with Gasteiger partial charge in [-0.25, -0.2) is 0 Å². The van der Waals surface area contributed by atoms with E-state index >= 15 is 0 Å². The van der Waals surface area contributed by atoms with Gasteiger partial charge >= 0.3 is 0 Å². The Morgan fingerprint density at radius 2 is 1.75 bits per heavy atom. The second-order valence-electron chi connectivity index (χ2n) is 11.2. The lowest BCUT2D eigenvalue weighted by atomic mass is 10.0. The topological polar surface area (TPSA) is 83.0 Å². The monoisotopic (exact) mass is 544 g/mol. The number of H-pyrrole nitrogens is 1. The molecule has 8 heteroatoms. The van der Waals surface area contributed by atoms with Gasteiger partial charge in [-0.05, 0) is 75.2 Å². The predicted octanol–water partition coefficient (Wildman–Crippen LogP) is 5.57. The number of nitrogens with one attached hydrogen (secondary N) is 2. The largest absolute Gasteiger partial charge is 0.497 e. The van der Waals surface area contributed by atoms with Crippen LogP contribution in [0, 0.1) is 0 Å². The van der Waals surface area contributed by atoms with Crippen LogP contribution in [0.5, 0.6) is 11.5 Å². The maximum absolute atomic E-state index is 13.2. The number of carbonyl (C=O) groups excluding carboxylic acids is 1. The van der Waals surface area contributed by atoms with Gasteiger partial charge in [-0.15, -0.1) is 0 Å². The Bertz CT molecular complexity index is 1430. The summed E-state index contributed by atoms with van der Waals surface area (Å²) in [4.78, 5) is 21.6. The third kappa shape index (κ3) is 6.13. The fourth-order valence-corrected chi connectivity index (χ4v) is 6.04. The van der Waals surface area contributed by atoms with Crippen molar-refractivity contribution in [2.75, 3.05) is 46.4 Å². The third-order valence-corrected chi connectivity index (χ3v) is 8.47. The van der Waals surface area contributed by atoms with Crippen LogP contribution in [-0.2, 0) is 6.61 Å². The average Bonchev–Trinajstić information content (AvgIpc) is 3.51. The molecule has 212 valence electrons. The van der Waals surface area contributed by atoms with E-state index in [9.17, 15) is 4.79 Å². The first-order valence-corrected chi connectivity index (χ1v) is 14.7. The average molecular weight is 545 g/mol. The van der Waals surface area contributed by atoms with Gasteiger partial charge in [0, 0.05) is 54.1 Å². The van der Waals surface area contributed by atoms with E-state index in [0.29, 0.717) is 12.3 Å². The number of furan rings is 1. The molecule has 0 aliphatic carbocycles. The third-order valence-electron chi connectivity index (χ3n) is 8.47. The second-order valence-corrected chi connectivity index (χ2v) is 11.2. The molecule has 6 rings (SSSR count). The Kier molecular flexibility index (Phi) is 8.25. The maximum Gasteiger partial charge on any atom is 0.267 e. The first kappa shape index (κ1) is 26.7. The molecule has 4 heterocycles. The Labute approximate surface area is 235 Å². The van der Waals surface area contributed by atoms with E-state index in [4.69, 9.17) is 13.9 Å². The minimum Gasteiger partial charge on any atom is -0.497 e. The van der Waals surface area contributed by atoms with Crippen LogP contribution in [-0.4, -0.2) is 73.1 Å². The molecule has 40 heavy (non-hydrogen) atoms. The first-order valence-electron chi connectivity index (χ1n) is 14.7. The molecule has 2 aromatic carbocycles. The Balaban J connectivity index is 1.03. The summed E-state index contributed by atoms with van der Waals surface area (Å²) in [5, 5.41) is 5.12. The lowest BCUT2D eigenvalue weighted by Crippen LogP contribution is -2.46. The van der Waals surface area contributed by atoms with Gasteiger partial charge in [-0.1, -0.05) is 18.9 Å². The molecular weight excluding hydrogens is 504 g/mol. The quantitative estimate of drug-likeness (QED) is 0.287. The second kappa shape index (κ2) is 12.4. The van der Waals surface area contributed by atoms with Crippen molar-refractivity contribution in [1.29, 1.82) is 0 Å². The standard InChI is InChI=1S/C32H40N4O4/c1-38-25-9-10-31-26(19-25)23(22-40-31)21-39-30-8-6-7-28-27(30)20-29(34-28)32(37)33-24-11-15-36(16-12-24)18-17-35-13-4-2-3-5-14-35/h6-10,19-20,22,24,34H,2-5,11-18,21H2,1H3,(H,33,37). The minimum atomic E-state index is -0.0573. The molecular formula is C32H40N4O4. The number of aromatic nitrogens is 1. The van der Waals surface area contributed by atoms with Crippen molar-refractivity contribution < 1.29 is 18.7 Å². The summed E-state index contributed by atoms with van der Waals surface area (Å²) < 4.78 is 17.3. The van der Waals surface area contributed by atoms with Gasteiger partial charge in [-0.3, -0.25) is 4.79 Å². The summed E-state index contributed by atoms with van der Waals surface area (Å²) >= 11 is 0. The lowest BCUT2D eigenvalue weighted by molar-refractivity contribution is 0.0902. The van der Waals surface area contributed by atoms with Crippen LogP contribution in [0.15, 0.2) is 53.1 Å². The van der Waals surface area contributed by atoms with E-state index in [-0.39, 0.29) is 11.9 Å². The van der Waals surface area contributed by atoms with Crippen molar-refractivity contribution in [3.63, 3.8) is 0 Å². The number of benzene rings is 2. The molecule has 2 fully saturated rings. The normalized spacial score (nSPS) is 17.7. The van der Waals surface area contributed by atoms with Gasteiger partial charge in [0.05, 0.1) is 13.4 Å². The Hall–Kier alpha value is -3.49. The molecule has 2 aliphatic rings. The van der Waals surface area contributed by atoms with Crippen LogP contribution < -0.4 is 14.8 Å². The number of nitrogens with zero attached hydrogens (tertiary/aromatic N) is 2. The van der Waals surface area contributed by atoms with Gasteiger partial charge in [0.2, 0.25) is 0 Å². The van der Waals surface area contributed by atoms with Crippen molar-refractivity contribution in [2.24, 2.45) is 0 Å². The highest BCUT2D eigenvalue weighted by molar-refractivity contribution is 5.99. The number of likely N-dealkylation sites (tertiary alicyclic amines) is 2. The number of fused-ring (bicyclic) bond motifs is 2. The van der Waals surface area contributed by atoms with Crippen molar-refractivity contribution in [2.45, 2.75) is 51.2 Å². The number of methoxy groups -OCH3 is 1. The predicted molar refractivity (Wildman–Crippen MR) is 157 cm³/mol. The van der Waals surface area contributed by atoms with Gasteiger partial charge < -0.3 is 34.0 Å². The summed E-state index contributed by atoms with van der Waals surface area (Å²) in [7, 11) is 1.65. The summed E-state index contributed by atoms with van der Waals surface area (Å²) in [6.45, 7) is 7.23. The molecule has 0 unspecified atom stereocenters. The summed E-state index contributed by atoms with van der Waals surface area (Å²) in [5.74, 6) is 1.44. The highest BCUT2D eigenvalue weighted by atomic mass is 16.5. The van der Waals surface area contributed by atoms with Crippen molar-refractivity contribution in [3.8, 4) is 11.5 Å². The minimum absolute atomic E-state index is 0.0573. The molecule has 0 atom stereocenters. The molecule has 2 aliphatic heterocycles. The molecule has 0 saturated carbocycles. The number of aromatic amines is 1. The van der Waals surface area contributed by atoms with Crippen LogP contribution in [0.4, 0.5) is 0 Å². The van der Waals surface area contributed by atoms with E-state index in [1.807, 2.05) is 42.5 Å². The molecule has 0 bridgehead atoms. The zero-order valence-electron chi connectivity index (χ0n) is 23.4. The van der Waals surface area contributed by atoms with Gasteiger partial charge in [0.25, 0.3) is 5.91 Å². The molecule has 1 amide bonds. The van der Waals surface area contributed by atoms with Crippen molar-refractivity contribution >= 4 is 27.8 Å². The number of amides is 1. The molecule has 2 saturated heterocycles. The summed E-state index contributed by atoms with van der Waals surface area (Å²) in [6.07, 6.45) is 9.14. The van der Waals surface area contributed by atoms with Crippen LogP contribution in [0.2, 0.25) is 0 Å². The fourth-order valence-electron chi connectivity index (χ4n) is 6.04. The molecule has 0 spiro atoms. The SMILES string of the molecule is COc1ccc2occ(COc3cccc4[nH]c(C(=O)NC5CCN(CCN6CCCCCC6)CC5)cc34)c2c1. The number of carbonyl (C=O) groups is 1. The van der Waals surface area contributed by atoms with E-state index in [0.717, 1.165) is 71.4 Å². The number of ether oxygens (including phenoxy) is 2. The number of hydrogen-bond donors (Lipinski definition) is 2. The zero-order valence-corrected chi connectivity index (χ0v) is 23.4. The van der Waals surface area contributed by atoms with E-state index in [2.05, 4.69) is 20.1 Å². The molecule has 8 nitrogen and oxygen atoms in total. The zero-order chi connectivity index (χ0) is 27.3. The number of rotatable bonds is 9. The highest BCUT2D eigenvalue weighted by Crippen LogP contribution is 2.30. The highest BCUT2D eigenvalue weighted by Gasteiger charge is 2.23. The number of piperidine rings is 1. The smallest absolute Gasteiger partial charge is 0.267 e. The van der Waals surface area contributed by atoms with Crippen LogP contribution in [0.3, 0.4) is 0 Å². The molecule has 4 aromatic rings. The maximum atomic E-state index is 13.2. The van der Waals surface area contributed by atoms with Crippen LogP contribution in [0.1, 0.15) is 54.6 Å². The number of hydrogen-bond acceptors (Lipinski definition) is 6. The summed E-state index contributed by atoms with van der Waals surface area (Å²) in [5.41, 5.74) is 3.18. The first-order chi connectivity index (χ1) is 19.7. The van der Waals surface area contributed by atoms with Crippen molar-refractivity contribution in [1.82, 2.24) is 20.1 Å². The van der Waals surface area contributed by atoms with Crippen molar-refractivity contribution in [3.05, 3.63) is 60.0 Å². The van der Waals surface area contributed by atoms with Gasteiger partial charge in [0.1, 0.15) is 29.4 Å². The van der Waals surface area contributed by atoms with Gasteiger partial charge in [0.15, 0.2) is 0 Å².